The van der Waals surface area contributed by atoms with Crippen LogP contribution in [0.2, 0.25) is 0 Å². The van der Waals surface area contributed by atoms with Gasteiger partial charge in [0.25, 0.3) is 0 Å². The Morgan fingerprint density at radius 2 is 1.89 bits per heavy atom. The van der Waals surface area contributed by atoms with E-state index in [-0.39, 0.29) is 29.5 Å². The van der Waals surface area contributed by atoms with E-state index in [1.807, 2.05) is 30.3 Å². The number of rotatable bonds is 3. The quantitative estimate of drug-likeness (QED) is 0.756. The Morgan fingerprint density at radius 3 is 2.67 bits per heavy atom. The highest BCUT2D eigenvalue weighted by atomic mass is 16.5. The molecule has 3 heteroatoms. The van der Waals surface area contributed by atoms with Crippen LogP contribution in [0.15, 0.2) is 30.3 Å². The Hall–Kier alpha value is -1.48. The summed E-state index contributed by atoms with van der Waals surface area (Å²) in [6.07, 6.45) is 0.865. The van der Waals surface area contributed by atoms with Crippen molar-refractivity contribution in [2.75, 3.05) is 0 Å². The van der Waals surface area contributed by atoms with Gasteiger partial charge in [0.15, 0.2) is 0 Å². The number of benzene rings is 1. The molecule has 5 unspecified atom stereocenters. The SMILES string of the molecule is O=C1C(=O)C2C3CC1C(OCc1ccccc1)C32. The van der Waals surface area contributed by atoms with Gasteiger partial charge in [-0.3, -0.25) is 9.59 Å². The van der Waals surface area contributed by atoms with E-state index >= 15 is 0 Å². The number of hydrogen-bond acceptors (Lipinski definition) is 3. The molecular formula is C15H14O3. The summed E-state index contributed by atoms with van der Waals surface area (Å²) in [6.45, 7) is 0.541. The van der Waals surface area contributed by atoms with E-state index in [0.29, 0.717) is 18.4 Å². The van der Waals surface area contributed by atoms with Crippen LogP contribution in [0.25, 0.3) is 0 Å². The molecule has 92 valence electrons. The topological polar surface area (TPSA) is 43.4 Å². The van der Waals surface area contributed by atoms with Gasteiger partial charge < -0.3 is 4.74 Å². The Kier molecular flexibility index (Phi) is 2.04. The maximum Gasteiger partial charge on any atom is 0.204 e. The van der Waals surface area contributed by atoms with Gasteiger partial charge in [0.2, 0.25) is 11.6 Å². The summed E-state index contributed by atoms with van der Waals surface area (Å²) in [5, 5.41) is 0. The first-order valence-electron chi connectivity index (χ1n) is 6.51. The smallest absolute Gasteiger partial charge is 0.204 e. The highest BCUT2D eigenvalue weighted by Gasteiger charge is 2.72. The van der Waals surface area contributed by atoms with E-state index in [9.17, 15) is 9.59 Å². The van der Waals surface area contributed by atoms with E-state index in [1.54, 1.807) is 0 Å². The van der Waals surface area contributed by atoms with Gasteiger partial charge in [0.05, 0.1) is 18.6 Å². The molecule has 0 radical (unpaired) electrons. The second-order valence-corrected chi connectivity index (χ2v) is 5.60. The molecule has 1 aromatic rings. The van der Waals surface area contributed by atoms with E-state index in [1.165, 1.54) is 0 Å². The molecule has 4 bridgehead atoms. The molecule has 0 heterocycles. The van der Waals surface area contributed by atoms with Crippen molar-refractivity contribution in [3.05, 3.63) is 35.9 Å². The van der Waals surface area contributed by atoms with Crippen LogP contribution in [0, 0.1) is 23.7 Å². The molecule has 0 spiro atoms. The number of carbonyl (C=O) groups is 2. The summed E-state index contributed by atoms with van der Waals surface area (Å²) < 4.78 is 5.92. The van der Waals surface area contributed by atoms with E-state index in [4.69, 9.17) is 4.74 Å². The Labute approximate surface area is 105 Å². The number of ether oxygens (including phenoxy) is 1. The standard InChI is InChI=1S/C15H14O3/c16-13-10-6-9-11(14(13)17)12(9)15(10)18-7-8-4-2-1-3-5-8/h1-5,9-12,15H,6-7H2. The fourth-order valence-electron chi connectivity index (χ4n) is 3.81. The molecule has 3 nitrogen and oxygen atoms in total. The summed E-state index contributed by atoms with van der Waals surface area (Å²) in [5.41, 5.74) is 1.12. The highest BCUT2D eigenvalue weighted by molar-refractivity contribution is 6.41. The first kappa shape index (κ1) is 10.4. The molecule has 0 amide bonds. The lowest BCUT2D eigenvalue weighted by Crippen LogP contribution is -2.42. The molecule has 4 aliphatic carbocycles. The maximum absolute atomic E-state index is 11.8. The molecule has 5 atom stereocenters. The first-order chi connectivity index (χ1) is 8.77. The van der Waals surface area contributed by atoms with Crippen molar-refractivity contribution >= 4 is 11.6 Å². The Morgan fingerprint density at radius 1 is 1.11 bits per heavy atom. The van der Waals surface area contributed by atoms with Gasteiger partial charge in [-0.1, -0.05) is 30.3 Å². The van der Waals surface area contributed by atoms with Crippen LogP contribution in [0.3, 0.4) is 0 Å². The predicted molar refractivity (Wildman–Crippen MR) is 63.6 cm³/mol. The molecule has 0 N–H and O–H groups in total. The molecule has 0 aromatic heterocycles. The third-order valence-electron chi connectivity index (χ3n) is 4.70. The summed E-state index contributed by atoms with van der Waals surface area (Å²) in [4.78, 5) is 23.4. The minimum absolute atomic E-state index is 0.00303. The van der Waals surface area contributed by atoms with Crippen LogP contribution in [0.5, 0.6) is 0 Å². The third kappa shape index (κ3) is 1.28. The number of Topliss-reactive ketones (excluding diaryl/α,β-unsaturated/α-hetero) is 2. The van der Waals surface area contributed by atoms with E-state index in [0.717, 1.165) is 12.0 Å². The van der Waals surface area contributed by atoms with Gasteiger partial charge >= 0.3 is 0 Å². The molecule has 5 rings (SSSR count). The van der Waals surface area contributed by atoms with Crippen LogP contribution >= 0.6 is 0 Å². The largest absolute Gasteiger partial charge is 0.372 e. The highest BCUT2D eigenvalue weighted by Crippen LogP contribution is 2.65. The lowest BCUT2D eigenvalue weighted by molar-refractivity contribution is -0.148. The van der Waals surface area contributed by atoms with Crippen molar-refractivity contribution in [2.24, 2.45) is 23.7 Å². The van der Waals surface area contributed by atoms with Gasteiger partial charge in [0, 0.05) is 5.92 Å². The number of ketones is 2. The minimum atomic E-state index is -0.178. The molecule has 0 aliphatic heterocycles. The van der Waals surface area contributed by atoms with Crippen LogP contribution in [0.1, 0.15) is 12.0 Å². The van der Waals surface area contributed by atoms with Crippen molar-refractivity contribution in [3.63, 3.8) is 0 Å². The molecule has 1 aromatic carbocycles. The molecule has 4 aliphatic rings. The zero-order valence-corrected chi connectivity index (χ0v) is 9.91. The van der Waals surface area contributed by atoms with Crippen molar-refractivity contribution < 1.29 is 14.3 Å². The maximum atomic E-state index is 11.8. The number of carbonyl (C=O) groups excluding carboxylic acids is 2. The lowest BCUT2D eigenvalue weighted by Gasteiger charge is -2.27. The summed E-state index contributed by atoms with van der Waals surface area (Å²) >= 11 is 0. The third-order valence-corrected chi connectivity index (χ3v) is 4.70. The van der Waals surface area contributed by atoms with Crippen LogP contribution in [0.4, 0.5) is 0 Å². The predicted octanol–water partition coefficient (Wildman–Crippen LogP) is 1.61. The summed E-state index contributed by atoms with van der Waals surface area (Å²) in [6, 6.07) is 9.97. The Balaban J connectivity index is 1.48. The number of fused-ring (bicyclic) bond motifs is 1. The Bertz CT molecular complexity index is 522. The molecule has 18 heavy (non-hydrogen) atoms. The van der Waals surface area contributed by atoms with Gasteiger partial charge in [-0.05, 0) is 23.8 Å². The summed E-state index contributed by atoms with van der Waals surface area (Å²) in [5.74, 6) is 0.332. The minimum Gasteiger partial charge on any atom is -0.372 e. The van der Waals surface area contributed by atoms with Crippen molar-refractivity contribution in [2.45, 2.75) is 19.1 Å². The van der Waals surface area contributed by atoms with Crippen molar-refractivity contribution in [1.29, 1.82) is 0 Å². The summed E-state index contributed by atoms with van der Waals surface area (Å²) in [7, 11) is 0. The monoisotopic (exact) mass is 242 g/mol. The molecule has 4 fully saturated rings. The van der Waals surface area contributed by atoms with Crippen LogP contribution < -0.4 is 0 Å². The molecule has 0 saturated heterocycles. The van der Waals surface area contributed by atoms with Gasteiger partial charge in [-0.15, -0.1) is 0 Å². The van der Waals surface area contributed by atoms with Crippen LogP contribution in [-0.2, 0) is 20.9 Å². The zero-order valence-electron chi connectivity index (χ0n) is 9.91. The second-order valence-electron chi connectivity index (χ2n) is 5.60. The fourth-order valence-corrected chi connectivity index (χ4v) is 3.81. The number of hydrogen-bond donors (Lipinski definition) is 0. The van der Waals surface area contributed by atoms with Gasteiger partial charge in [-0.25, -0.2) is 0 Å². The average Bonchev–Trinajstić information content (AvgIpc) is 3.01. The van der Waals surface area contributed by atoms with Gasteiger partial charge in [0.1, 0.15) is 0 Å². The molecule has 4 saturated carbocycles. The fraction of sp³-hybridized carbons (Fsp3) is 0.467. The van der Waals surface area contributed by atoms with Crippen molar-refractivity contribution in [3.8, 4) is 0 Å². The lowest BCUT2D eigenvalue weighted by atomic mass is 9.81. The first-order valence-corrected chi connectivity index (χ1v) is 6.51. The van der Waals surface area contributed by atoms with Crippen molar-refractivity contribution in [1.82, 2.24) is 0 Å². The van der Waals surface area contributed by atoms with Crippen LogP contribution in [-0.4, -0.2) is 17.7 Å². The normalized spacial score (nSPS) is 40.1. The zero-order chi connectivity index (χ0) is 12.3. The van der Waals surface area contributed by atoms with E-state index in [2.05, 4.69) is 0 Å². The average molecular weight is 242 g/mol. The molecular weight excluding hydrogens is 228 g/mol. The second kappa shape index (κ2) is 3.51. The van der Waals surface area contributed by atoms with Gasteiger partial charge in [-0.2, -0.15) is 0 Å². The van der Waals surface area contributed by atoms with E-state index < -0.39 is 0 Å².